The van der Waals surface area contributed by atoms with Crippen molar-refractivity contribution in [2.24, 2.45) is 0 Å². The first-order valence-electron chi connectivity index (χ1n) is 10.0. The van der Waals surface area contributed by atoms with E-state index in [9.17, 15) is 18.3 Å². The van der Waals surface area contributed by atoms with Crippen LogP contribution in [0.4, 0.5) is 4.79 Å². The van der Waals surface area contributed by atoms with Crippen LogP contribution in [0.5, 0.6) is 0 Å². The minimum absolute atomic E-state index is 0.283. The van der Waals surface area contributed by atoms with Gasteiger partial charge in [-0.25, -0.2) is 13.2 Å². The van der Waals surface area contributed by atoms with Crippen LogP contribution in [-0.4, -0.2) is 53.4 Å². The molecule has 30 heavy (non-hydrogen) atoms. The molecule has 1 fully saturated rings. The second kappa shape index (κ2) is 8.10. The highest BCUT2D eigenvalue weighted by atomic mass is 32.2. The molecule has 8 heteroatoms. The third-order valence-electron chi connectivity index (χ3n) is 5.79. The number of nitrogens with zero attached hydrogens (tertiary/aromatic N) is 3. The van der Waals surface area contributed by atoms with Gasteiger partial charge in [0, 0.05) is 60.8 Å². The van der Waals surface area contributed by atoms with Crippen molar-refractivity contribution >= 4 is 26.8 Å². The third-order valence-corrected chi connectivity index (χ3v) is 6.90. The molecule has 1 amide bonds. The predicted octanol–water partition coefficient (Wildman–Crippen LogP) is 3.74. The molecule has 1 atom stereocenters. The van der Waals surface area contributed by atoms with Crippen molar-refractivity contribution < 1.29 is 18.3 Å². The van der Waals surface area contributed by atoms with E-state index in [0.29, 0.717) is 24.5 Å². The quantitative estimate of drug-likeness (QED) is 0.685. The van der Waals surface area contributed by atoms with E-state index in [1.54, 1.807) is 12.1 Å². The number of sulfone groups is 1. The molecule has 1 N–H and O–H groups in total. The Morgan fingerprint density at radius 3 is 2.70 bits per heavy atom. The number of aromatic nitrogens is 2. The number of benzene rings is 1. The van der Waals surface area contributed by atoms with Crippen LogP contribution >= 0.6 is 0 Å². The van der Waals surface area contributed by atoms with Crippen LogP contribution in [0.25, 0.3) is 10.9 Å². The highest BCUT2D eigenvalue weighted by Gasteiger charge is 2.21. The summed E-state index contributed by atoms with van der Waals surface area (Å²) in [6.07, 6.45) is 6.80. The zero-order valence-electron chi connectivity index (χ0n) is 16.9. The van der Waals surface area contributed by atoms with Gasteiger partial charge >= 0.3 is 6.09 Å². The van der Waals surface area contributed by atoms with Gasteiger partial charge < -0.3 is 14.6 Å². The van der Waals surface area contributed by atoms with Gasteiger partial charge in [-0.2, -0.15) is 0 Å². The Balaban J connectivity index is 1.48. The second-order valence-corrected chi connectivity index (χ2v) is 9.94. The van der Waals surface area contributed by atoms with Crippen molar-refractivity contribution in [3.63, 3.8) is 0 Å². The summed E-state index contributed by atoms with van der Waals surface area (Å²) in [6.45, 7) is 1.78. The summed E-state index contributed by atoms with van der Waals surface area (Å²) in [4.78, 5) is 17.7. The molecule has 4 rings (SSSR count). The molecular formula is C22H25N3O4S. The molecule has 1 aliphatic rings. The van der Waals surface area contributed by atoms with E-state index < -0.39 is 15.9 Å². The summed E-state index contributed by atoms with van der Waals surface area (Å²) >= 11 is 0. The monoisotopic (exact) mass is 427 g/mol. The zero-order chi connectivity index (χ0) is 21.3. The Kier molecular flexibility index (Phi) is 5.51. The van der Waals surface area contributed by atoms with Gasteiger partial charge in [0.1, 0.15) is 0 Å². The fraction of sp³-hybridized carbons (Fsp3) is 0.364. The molecule has 2 aromatic heterocycles. The van der Waals surface area contributed by atoms with Gasteiger partial charge in [0.15, 0.2) is 9.84 Å². The molecule has 0 radical (unpaired) electrons. The first kappa shape index (κ1) is 20.4. The summed E-state index contributed by atoms with van der Waals surface area (Å²) in [5.74, 6) is 0.283. The summed E-state index contributed by atoms with van der Waals surface area (Å²) < 4.78 is 25.6. The molecule has 3 aromatic rings. The van der Waals surface area contributed by atoms with Crippen LogP contribution in [-0.2, 0) is 16.4 Å². The van der Waals surface area contributed by atoms with E-state index in [4.69, 9.17) is 0 Å². The third kappa shape index (κ3) is 4.33. The molecule has 7 nitrogen and oxygen atoms in total. The lowest BCUT2D eigenvalue weighted by molar-refractivity contribution is 0.147. The Labute approximate surface area is 175 Å². The summed E-state index contributed by atoms with van der Waals surface area (Å²) in [5.41, 5.74) is 3.05. The van der Waals surface area contributed by atoms with Crippen molar-refractivity contribution in [1.82, 2.24) is 14.5 Å². The average Bonchev–Trinajstić information content (AvgIpc) is 2.94. The Morgan fingerprint density at radius 2 is 2.00 bits per heavy atom. The van der Waals surface area contributed by atoms with Crippen LogP contribution in [0, 0.1) is 0 Å². The molecule has 1 aromatic carbocycles. The van der Waals surface area contributed by atoms with Gasteiger partial charge in [-0.15, -0.1) is 0 Å². The van der Waals surface area contributed by atoms with Crippen molar-refractivity contribution in [3.05, 3.63) is 60.0 Å². The highest BCUT2D eigenvalue weighted by Crippen LogP contribution is 2.27. The van der Waals surface area contributed by atoms with E-state index >= 15 is 0 Å². The molecule has 1 aliphatic heterocycles. The maximum atomic E-state index is 11.8. The maximum absolute atomic E-state index is 11.8. The number of hydrogen-bond donors (Lipinski definition) is 1. The molecular weight excluding hydrogens is 402 g/mol. The van der Waals surface area contributed by atoms with Crippen molar-refractivity contribution in [3.8, 4) is 0 Å². The molecule has 158 valence electrons. The predicted molar refractivity (Wildman–Crippen MR) is 115 cm³/mol. The fourth-order valence-electron chi connectivity index (χ4n) is 4.10. The average molecular weight is 428 g/mol. The summed E-state index contributed by atoms with van der Waals surface area (Å²) in [5, 5.41) is 10.1. The normalized spacial score (nSPS) is 17.8. The molecule has 1 saturated heterocycles. The SMILES string of the molecule is CS(=O)(=O)c1ccc2c(ccn2Cc2ccc(C3CCCN(C(=O)O)CC3)nc2)c1. The van der Waals surface area contributed by atoms with E-state index in [2.05, 4.69) is 15.6 Å². The van der Waals surface area contributed by atoms with Gasteiger partial charge in [0.05, 0.1) is 4.90 Å². The van der Waals surface area contributed by atoms with Gasteiger partial charge in [-0.3, -0.25) is 4.98 Å². The number of pyridine rings is 1. The Morgan fingerprint density at radius 1 is 1.17 bits per heavy atom. The molecule has 0 aliphatic carbocycles. The van der Waals surface area contributed by atoms with Gasteiger partial charge in [0.2, 0.25) is 0 Å². The number of likely N-dealkylation sites (tertiary alicyclic amines) is 1. The van der Waals surface area contributed by atoms with Crippen LogP contribution < -0.4 is 0 Å². The highest BCUT2D eigenvalue weighted by molar-refractivity contribution is 7.90. The summed E-state index contributed by atoms with van der Waals surface area (Å²) in [7, 11) is -3.23. The van der Waals surface area contributed by atoms with E-state index in [1.165, 1.54) is 11.2 Å². The topological polar surface area (TPSA) is 92.5 Å². The van der Waals surface area contributed by atoms with Crippen LogP contribution in [0.15, 0.2) is 53.7 Å². The Hall–Kier alpha value is -2.87. The lowest BCUT2D eigenvalue weighted by Crippen LogP contribution is -2.30. The molecule has 1 unspecified atom stereocenters. The number of amides is 1. The van der Waals surface area contributed by atoms with Crippen molar-refractivity contribution in [2.75, 3.05) is 19.3 Å². The number of carboxylic acid groups (broad SMARTS) is 1. The van der Waals surface area contributed by atoms with Crippen LogP contribution in [0.2, 0.25) is 0 Å². The second-order valence-electron chi connectivity index (χ2n) is 7.93. The number of rotatable bonds is 4. The van der Waals surface area contributed by atoms with E-state index in [1.807, 2.05) is 30.6 Å². The molecule has 0 spiro atoms. The van der Waals surface area contributed by atoms with Gasteiger partial charge in [0.25, 0.3) is 0 Å². The van der Waals surface area contributed by atoms with Gasteiger partial charge in [-0.1, -0.05) is 6.07 Å². The molecule has 3 heterocycles. The molecule has 0 bridgehead atoms. The Bertz CT molecular complexity index is 1170. The number of carbonyl (C=O) groups is 1. The van der Waals surface area contributed by atoms with E-state index in [0.717, 1.165) is 41.4 Å². The minimum atomic E-state index is -3.23. The van der Waals surface area contributed by atoms with Crippen LogP contribution in [0.1, 0.15) is 36.4 Å². The van der Waals surface area contributed by atoms with Crippen molar-refractivity contribution in [1.29, 1.82) is 0 Å². The first-order valence-corrected chi connectivity index (χ1v) is 11.9. The van der Waals surface area contributed by atoms with E-state index in [-0.39, 0.29) is 5.92 Å². The summed E-state index contributed by atoms with van der Waals surface area (Å²) in [6, 6.07) is 11.2. The van der Waals surface area contributed by atoms with Gasteiger partial charge in [-0.05, 0) is 55.2 Å². The fourth-order valence-corrected chi connectivity index (χ4v) is 4.75. The lowest BCUT2D eigenvalue weighted by atomic mass is 9.96. The smallest absolute Gasteiger partial charge is 0.407 e. The first-order chi connectivity index (χ1) is 14.3. The standard InChI is InChI=1S/C22H25N3O4S/c1-30(28,29)19-5-7-21-18(13-19)9-12-25(21)15-16-4-6-20(23-14-16)17-3-2-10-24(11-8-17)22(26)27/h4-7,9,12-14,17H,2-3,8,10-11,15H2,1H3,(H,26,27). The molecule has 0 saturated carbocycles. The lowest BCUT2D eigenvalue weighted by Gasteiger charge is -2.16. The van der Waals surface area contributed by atoms with Crippen LogP contribution in [0.3, 0.4) is 0 Å². The van der Waals surface area contributed by atoms with Crippen molar-refractivity contribution in [2.45, 2.75) is 36.6 Å². The zero-order valence-corrected chi connectivity index (χ0v) is 17.7. The largest absolute Gasteiger partial charge is 0.465 e. The number of fused-ring (bicyclic) bond motifs is 1. The minimum Gasteiger partial charge on any atom is -0.465 e. The number of hydrogen-bond acceptors (Lipinski definition) is 4. The maximum Gasteiger partial charge on any atom is 0.407 e.